The van der Waals surface area contributed by atoms with Crippen molar-refractivity contribution in [1.29, 1.82) is 0 Å². The number of ether oxygens (including phenoxy) is 1. The van der Waals surface area contributed by atoms with Gasteiger partial charge in [0.2, 0.25) is 5.91 Å². The number of carbonyl (C=O) groups excluding carboxylic acids is 2. The third-order valence-electron chi connectivity index (χ3n) is 6.56. The molecule has 0 bridgehead atoms. The first kappa shape index (κ1) is 24.3. The Balaban J connectivity index is 1.47. The van der Waals surface area contributed by atoms with E-state index in [9.17, 15) is 22.8 Å². The number of likely N-dealkylation sites (tertiary alicyclic amines) is 2. The van der Waals surface area contributed by atoms with Gasteiger partial charge in [0.1, 0.15) is 5.75 Å². The van der Waals surface area contributed by atoms with E-state index in [1.165, 1.54) is 18.2 Å². The maximum absolute atomic E-state index is 13.0. The molecule has 2 aromatic carbocycles. The third-order valence-corrected chi connectivity index (χ3v) is 6.97. The molecule has 2 aliphatic rings. The molecule has 2 aromatic rings. The van der Waals surface area contributed by atoms with Crippen LogP contribution < -0.4 is 10.5 Å². The number of benzene rings is 2. The Kier molecular flexibility index (Phi) is 6.78. The van der Waals surface area contributed by atoms with Crippen molar-refractivity contribution in [3.05, 3.63) is 64.2 Å². The molecule has 0 radical (unpaired) electrons. The monoisotopic (exact) mass is 495 g/mol. The third kappa shape index (κ3) is 5.31. The second-order valence-corrected chi connectivity index (χ2v) is 9.33. The van der Waals surface area contributed by atoms with Crippen molar-refractivity contribution in [3.8, 4) is 5.75 Å². The zero-order valence-corrected chi connectivity index (χ0v) is 19.3. The normalized spacial score (nSPS) is 21.4. The van der Waals surface area contributed by atoms with E-state index in [-0.39, 0.29) is 29.9 Å². The molecule has 3 unspecified atom stereocenters. The van der Waals surface area contributed by atoms with Gasteiger partial charge >= 0.3 is 6.36 Å². The van der Waals surface area contributed by atoms with Crippen molar-refractivity contribution in [2.75, 3.05) is 26.2 Å². The van der Waals surface area contributed by atoms with Crippen molar-refractivity contribution in [3.63, 3.8) is 0 Å². The summed E-state index contributed by atoms with van der Waals surface area (Å²) in [4.78, 5) is 28.6. The zero-order valence-electron chi connectivity index (χ0n) is 18.5. The Labute approximate surface area is 200 Å². The van der Waals surface area contributed by atoms with Gasteiger partial charge < -0.3 is 15.4 Å². The van der Waals surface area contributed by atoms with Crippen LogP contribution in [-0.2, 0) is 4.79 Å². The first-order valence-electron chi connectivity index (χ1n) is 10.9. The van der Waals surface area contributed by atoms with E-state index in [2.05, 4.69) is 9.64 Å². The summed E-state index contributed by atoms with van der Waals surface area (Å²) >= 11 is 6.30. The van der Waals surface area contributed by atoms with Gasteiger partial charge in [-0.25, -0.2) is 0 Å². The second kappa shape index (κ2) is 9.46. The molecule has 6 nitrogen and oxygen atoms in total. The van der Waals surface area contributed by atoms with Gasteiger partial charge in [-0.05, 0) is 48.1 Å². The number of hydrogen-bond donors (Lipinski definition) is 1. The summed E-state index contributed by atoms with van der Waals surface area (Å²) in [5.74, 6) is -1.14. The smallest absolute Gasteiger partial charge is 0.405 e. The summed E-state index contributed by atoms with van der Waals surface area (Å²) in [6, 6.07) is 10.9. The summed E-state index contributed by atoms with van der Waals surface area (Å²) in [5, 5.41) is 0.614. The number of aryl methyl sites for hydroxylation is 1. The lowest BCUT2D eigenvalue weighted by molar-refractivity contribution is -0.274. The predicted molar refractivity (Wildman–Crippen MR) is 120 cm³/mol. The van der Waals surface area contributed by atoms with Crippen LogP contribution in [0.4, 0.5) is 13.2 Å². The molecule has 4 rings (SSSR count). The van der Waals surface area contributed by atoms with E-state index in [4.69, 9.17) is 17.3 Å². The van der Waals surface area contributed by atoms with Gasteiger partial charge in [-0.2, -0.15) is 0 Å². The number of para-hydroxylation sites is 1. The molecule has 2 heterocycles. The molecule has 10 heteroatoms. The fourth-order valence-corrected chi connectivity index (χ4v) is 5.13. The van der Waals surface area contributed by atoms with Gasteiger partial charge in [-0.15, -0.1) is 13.2 Å². The van der Waals surface area contributed by atoms with Gasteiger partial charge in [0.15, 0.2) is 0 Å². The molecule has 34 heavy (non-hydrogen) atoms. The number of nitrogens with zero attached hydrogens (tertiary/aromatic N) is 2. The minimum absolute atomic E-state index is 0.113. The summed E-state index contributed by atoms with van der Waals surface area (Å²) in [6.07, 6.45) is -4.74. The standard InChI is InChI=1S/C24H25ClF3N3O3/c1-14-6-7-15(8-19(14)25)20(9-22(29)32)30-10-16-12-31(13-17(16)11-30)23(33)18-4-2-3-5-21(18)34-24(26,27)28/h2-8,16-17,20H,9-13H2,1H3,(H2,29,32). The highest BCUT2D eigenvalue weighted by Gasteiger charge is 2.44. The van der Waals surface area contributed by atoms with Crippen LogP contribution in [0.1, 0.15) is 33.9 Å². The number of hydrogen-bond acceptors (Lipinski definition) is 4. The van der Waals surface area contributed by atoms with Crippen molar-refractivity contribution >= 4 is 23.4 Å². The highest BCUT2D eigenvalue weighted by atomic mass is 35.5. The van der Waals surface area contributed by atoms with Gasteiger partial charge in [0.25, 0.3) is 5.91 Å². The van der Waals surface area contributed by atoms with Crippen molar-refractivity contribution in [2.45, 2.75) is 25.7 Å². The number of nitrogens with two attached hydrogens (primary N) is 1. The quantitative estimate of drug-likeness (QED) is 0.652. The largest absolute Gasteiger partial charge is 0.573 e. The Bertz CT molecular complexity index is 1080. The first-order chi connectivity index (χ1) is 16.0. The Hall–Kier alpha value is -2.78. The van der Waals surface area contributed by atoms with Crippen LogP contribution in [0.2, 0.25) is 5.02 Å². The Morgan fingerprint density at radius 2 is 1.76 bits per heavy atom. The average Bonchev–Trinajstić information content (AvgIpc) is 3.32. The Morgan fingerprint density at radius 1 is 1.12 bits per heavy atom. The van der Waals surface area contributed by atoms with Crippen LogP contribution in [0, 0.1) is 18.8 Å². The lowest BCUT2D eigenvalue weighted by Gasteiger charge is -2.29. The van der Waals surface area contributed by atoms with Gasteiger partial charge in [-0.1, -0.05) is 35.9 Å². The maximum Gasteiger partial charge on any atom is 0.573 e. The number of fused-ring (bicyclic) bond motifs is 1. The van der Waals surface area contributed by atoms with E-state index < -0.39 is 23.9 Å². The Morgan fingerprint density at radius 3 is 2.35 bits per heavy atom. The molecule has 2 N–H and O–H groups in total. The molecule has 2 saturated heterocycles. The lowest BCUT2D eigenvalue weighted by atomic mass is 10.0. The first-order valence-corrected chi connectivity index (χ1v) is 11.3. The van der Waals surface area contributed by atoms with Gasteiger partial charge in [0.05, 0.1) is 5.56 Å². The van der Waals surface area contributed by atoms with Gasteiger partial charge in [0, 0.05) is 43.7 Å². The number of amides is 2. The second-order valence-electron chi connectivity index (χ2n) is 8.92. The van der Waals surface area contributed by atoms with Crippen LogP contribution in [-0.4, -0.2) is 54.2 Å². The minimum Gasteiger partial charge on any atom is -0.405 e. The highest BCUT2D eigenvalue weighted by molar-refractivity contribution is 6.31. The fourth-order valence-electron chi connectivity index (χ4n) is 4.94. The molecule has 3 atom stereocenters. The summed E-state index contributed by atoms with van der Waals surface area (Å²) in [7, 11) is 0. The lowest BCUT2D eigenvalue weighted by Crippen LogP contribution is -2.36. The van der Waals surface area contributed by atoms with Crippen LogP contribution in [0.3, 0.4) is 0 Å². The van der Waals surface area contributed by atoms with Crippen LogP contribution in [0.25, 0.3) is 0 Å². The topological polar surface area (TPSA) is 75.9 Å². The van der Waals surface area contributed by atoms with Crippen molar-refractivity contribution in [1.82, 2.24) is 9.80 Å². The number of carbonyl (C=O) groups is 2. The molecule has 0 aliphatic carbocycles. The number of halogens is 4. The number of primary amides is 1. The molecule has 182 valence electrons. The molecule has 0 saturated carbocycles. The van der Waals surface area contributed by atoms with E-state index in [1.807, 2.05) is 25.1 Å². The summed E-state index contributed by atoms with van der Waals surface area (Å²) < 4.78 is 42.3. The highest BCUT2D eigenvalue weighted by Crippen LogP contribution is 2.39. The van der Waals surface area contributed by atoms with Crippen LogP contribution >= 0.6 is 11.6 Å². The summed E-state index contributed by atoms with van der Waals surface area (Å²) in [6.45, 7) is 4.01. The average molecular weight is 496 g/mol. The van der Waals surface area contributed by atoms with Gasteiger partial charge in [-0.3, -0.25) is 14.5 Å². The fraction of sp³-hybridized carbons (Fsp3) is 0.417. The number of alkyl halides is 3. The van der Waals surface area contributed by atoms with Crippen LogP contribution in [0.15, 0.2) is 42.5 Å². The predicted octanol–water partition coefficient (Wildman–Crippen LogP) is 4.17. The molecule has 0 aromatic heterocycles. The van der Waals surface area contributed by atoms with E-state index in [0.29, 0.717) is 31.2 Å². The molecular formula is C24H25ClF3N3O3. The SMILES string of the molecule is Cc1ccc(C(CC(N)=O)N2CC3CN(C(=O)c4ccccc4OC(F)(F)F)CC3C2)cc1Cl. The molecule has 2 amide bonds. The minimum atomic E-state index is -4.88. The maximum atomic E-state index is 13.0. The van der Waals surface area contributed by atoms with Crippen LogP contribution in [0.5, 0.6) is 5.75 Å². The van der Waals surface area contributed by atoms with Crippen molar-refractivity contribution in [2.24, 2.45) is 17.6 Å². The van der Waals surface area contributed by atoms with E-state index in [0.717, 1.165) is 17.2 Å². The zero-order chi connectivity index (χ0) is 24.6. The van der Waals surface area contributed by atoms with E-state index in [1.54, 1.807) is 4.90 Å². The number of rotatable bonds is 6. The van der Waals surface area contributed by atoms with E-state index >= 15 is 0 Å². The molecule has 2 aliphatic heterocycles. The molecule has 0 spiro atoms. The molecular weight excluding hydrogens is 471 g/mol. The summed E-state index contributed by atoms with van der Waals surface area (Å²) in [5.41, 5.74) is 7.25. The van der Waals surface area contributed by atoms with Crippen molar-refractivity contribution < 1.29 is 27.5 Å². The molecule has 2 fully saturated rings.